The molecule has 2 unspecified atom stereocenters. The summed E-state index contributed by atoms with van der Waals surface area (Å²) in [7, 11) is 1.67. The number of para-hydroxylation sites is 2. The number of anilines is 4. The predicted molar refractivity (Wildman–Crippen MR) is 197 cm³/mol. The van der Waals surface area contributed by atoms with Crippen molar-refractivity contribution in [2.24, 2.45) is 0 Å². The van der Waals surface area contributed by atoms with Gasteiger partial charge in [-0.25, -0.2) is 19.9 Å². The molecule has 226 valence electrons. The molecule has 0 saturated carbocycles. The maximum absolute atomic E-state index is 4.75. The van der Waals surface area contributed by atoms with Crippen molar-refractivity contribution >= 4 is 81.0 Å². The van der Waals surface area contributed by atoms with E-state index in [0.717, 1.165) is 21.8 Å². The Labute approximate surface area is 267 Å². The van der Waals surface area contributed by atoms with Crippen LogP contribution >= 0.6 is 15.2 Å². The van der Waals surface area contributed by atoms with E-state index in [1.165, 1.54) is 44.0 Å². The zero-order chi connectivity index (χ0) is 31.5. The molecule has 0 fully saturated rings. The normalized spacial score (nSPS) is 18.3. The van der Waals surface area contributed by atoms with E-state index in [1.807, 2.05) is 12.4 Å². The summed E-state index contributed by atoms with van der Waals surface area (Å²) < 4.78 is 0. The van der Waals surface area contributed by atoms with E-state index in [2.05, 4.69) is 141 Å². The smallest absolute Gasteiger partial charge is 0.125 e. The first-order chi connectivity index (χ1) is 21.7. The van der Waals surface area contributed by atoms with Crippen LogP contribution in [0.1, 0.15) is 27.7 Å². The molecule has 6 nitrogen and oxygen atoms in total. The lowest BCUT2D eigenvalue weighted by molar-refractivity contribution is 1.09. The number of nitrogens with zero attached hydrogens (tertiary/aromatic N) is 6. The third kappa shape index (κ3) is 4.78. The van der Waals surface area contributed by atoms with Gasteiger partial charge < -0.3 is 9.80 Å². The summed E-state index contributed by atoms with van der Waals surface area (Å²) in [6.45, 7) is 12.0. The molecule has 3 heterocycles. The number of fused-ring (bicyclic) bond motifs is 6. The molecule has 8 heteroatoms. The topological polar surface area (TPSA) is 58.0 Å². The van der Waals surface area contributed by atoms with E-state index < -0.39 is 15.2 Å². The summed E-state index contributed by atoms with van der Waals surface area (Å²) in [5.41, 5.74) is 7.62. The fraction of sp³-hybridized carbons (Fsp3) is 0.243. The van der Waals surface area contributed by atoms with Crippen molar-refractivity contribution in [1.29, 1.82) is 0 Å². The van der Waals surface area contributed by atoms with Crippen LogP contribution in [0.3, 0.4) is 0 Å². The molecular formula is C37H39N6P2+. The molecule has 0 bridgehead atoms. The average Bonchev–Trinajstić information content (AvgIpc) is 3.06. The zero-order valence-corrected chi connectivity index (χ0v) is 28.8. The Balaban J connectivity index is 1.68. The molecule has 0 aliphatic carbocycles. The van der Waals surface area contributed by atoms with Crippen LogP contribution in [0.5, 0.6) is 0 Å². The second kappa shape index (κ2) is 11.4. The van der Waals surface area contributed by atoms with Crippen LogP contribution in [0, 0.1) is 0 Å². The molecule has 2 aromatic heterocycles. The quantitative estimate of drug-likeness (QED) is 0.188. The van der Waals surface area contributed by atoms with Gasteiger partial charge in [0, 0.05) is 65.3 Å². The summed E-state index contributed by atoms with van der Waals surface area (Å²) >= 11 is 0. The van der Waals surface area contributed by atoms with Crippen molar-refractivity contribution in [2.45, 2.75) is 39.0 Å². The Morgan fingerprint density at radius 1 is 0.622 bits per heavy atom. The van der Waals surface area contributed by atoms with Crippen LogP contribution in [-0.4, -0.2) is 52.0 Å². The Hall–Kier alpha value is -3.98. The zero-order valence-electron chi connectivity index (χ0n) is 27.0. The molecule has 45 heavy (non-hydrogen) atoms. The average molecular weight is 630 g/mol. The first-order valence-corrected chi connectivity index (χ1v) is 19.2. The first-order valence-electron chi connectivity index (χ1n) is 15.5. The van der Waals surface area contributed by atoms with E-state index in [1.54, 1.807) is 12.7 Å². The van der Waals surface area contributed by atoms with Gasteiger partial charge in [0.25, 0.3) is 0 Å². The molecular weight excluding hydrogens is 590 g/mol. The Bertz CT molecular complexity index is 2060. The minimum atomic E-state index is -2.02. The lowest BCUT2D eigenvalue weighted by Gasteiger charge is -2.38. The SMILES string of the molecule is CC(C)P1c2ccccc2N(C)c2ccccc2[P+](C)(C(C)C)c2cc3ncncc3cc2N(C)c2cc3cncnc3cc21. The molecule has 0 N–H and O–H groups in total. The monoisotopic (exact) mass is 629 g/mol. The fourth-order valence-corrected chi connectivity index (χ4v) is 13.2. The van der Waals surface area contributed by atoms with Gasteiger partial charge in [-0.05, 0) is 63.8 Å². The van der Waals surface area contributed by atoms with E-state index >= 15 is 0 Å². The minimum Gasteiger partial charge on any atom is -0.341 e. The molecule has 0 radical (unpaired) electrons. The van der Waals surface area contributed by atoms with Gasteiger partial charge in [0.05, 0.1) is 42.0 Å². The molecule has 0 saturated heterocycles. The van der Waals surface area contributed by atoms with Gasteiger partial charge in [0.2, 0.25) is 0 Å². The largest absolute Gasteiger partial charge is 0.341 e. The number of hydrogen-bond donors (Lipinski definition) is 0. The minimum absolute atomic E-state index is 0.383. The van der Waals surface area contributed by atoms with Crippen molar-refractivity contribution in [2.75, 3.05) is 30.6 Å². The van der Waals surface area contributed by atoms with Gasteiger partial charge in [0.15, 0.2) is 0 Å². The first kappa shape index (κ1) is 29.7. The molecule has 7 rings (SSSR count). The third-order valence-corrected chi connectivity index (χ3v) is 17.1. The highest BCUT2D eigenvalue weighted by Gasteiger charge is 2.46. The molecule has 1 aliphatic heterocycles. The summed E-state index contributed by atoms with van der Waals surface area (Å²) in [5.74, 6) is 0. The fourth-order valence-electron chi connectivity index (χ4n) is 6.84. The van der Waals surface area contributed by atoms with Crippen molar-refractivity contribution in [3.8, 4) is 0 Å². The molecule has 0 amide bonds. The van der Waals surface area contributed by atoms with Gasteiger partial charge in [-0.2, -0.15) is 0 Å². The number of hydrogen-bond acceptors (Lipinski definition) is 6. The standard InChI is InChI=1S/C37H39N6P2/c1-24(2)44-34-14-10-8-12-30(34)42(5)31-13-9-11-15-36(31)45(7,25(3)4)37-19-29-27(21-39-23-41-29)17-33(37)43(6)32-16-26-20-38-22-40-28(26)18-35(32)44/h8-25H,1-7H3/q+1. The Morgan fingerprint density at radius 2 is 1.20 bits per heavy atom. The van der Waals surface area contributed by atoms with E-state index in [4.69, 9.17) is 9.97 Å². The van der Waals surface area contributed by atoms with Crippen LogP contribution in [0.25, 0.3) is 21.8 Å². The summed E-state index contributed by atoms with van der Waals surface area (Å²) in [6.07, 6.45) is 7.19. The van der Waals surface area contributed by atoms with Crippen LogP contribution in [-0.2, 0) is 0 Å². The molecule has 6 aromatic rings. The van der Waals surface area contributed by atoms with E-state index in [0.29, 0.717) is 11.3 Å². The van der Waals surface area contributed by atoms with Gasteiger partial charge >= 0.3 is 0 Å². The van der Waals surface area contributed by atoms with Gasteiger partial charge in [-0.15, -0.1) is 0 Å². The van der Waals surface area contributed by atoms with Gasteiger partial charge in [0.1, 0.15) is 23.3 Å². The highest BCUT2D eigenvalue weighted by Crippen LogP contribution is 2.61. The second-order valence-electron chi connectivity index (χ2n) is 12.6. The lowest BCUT2D eigenvalue weighted by Crippen LogP contribution is -2.36. The molecule has 1 aliphatic rings. The molecule has 2 atom stereocenters. The van der Waals surface area contributed by atoms with Crippen LogP contribution in [0.2, 0.25) is 0 Å². The number of benzene rings is 4. The van der Waals surface area contributed by atoms with E-state index in [9.17, 15) is 0 Å². The Morgan fingerprint density at radius 3 is 1.87 bits per heavy atom. The van der Waals surface area contributed by atoms with Crippen molar-refractivity contribution < 1.29 is 0 Å². The maximum atomic E-state index is 4.75. The Kier molecular flexibility index (Phi) is 7.55. The van der Waals surface area contributed by atoms with Crippen molar-refractivity contribution in [3.05, 3.63) is 97.8 Å². The van der Waals surface area contributed by atoms with Gasteiger partial charge in [-0.1, -0.05) is 44.2 Å². The molecule has 0 spiro atoms. The van der Waals surface area contributed by atoms with Crippen molar-refractivity contribution in [3.63, 3.8) is 0 Å². The van der Waals surface area contributed by atoms with Crippen LogP contribution < -0.4 is 31.0 Å². The second-order valence-corrected chi connectivity index (χ2v) is 19.5. The maximum Gasteiger partial charge on any atom is 0.125 e. The van der Waals surface area contributed by atoms with Crippen LogP contribution in [0.15, 0.2) is 97.8 Å². The van der Waals surface area contributed by atoms with E-state index in [-0.39, 0.29) is 0 Å². The summed E-state index contributed by atoms with van der Waals surface area (Å²) in [4.78, 5) is 23.2. The summed E-state index contributed by atoms with van der Waals surface area (Å²) in [6, 6.07) is 27.4. The van der Waals surface area contributed by atoms with Crippen molar-refractivity contribution in [1.82, 2.24) is 19.9 Å². The third-order valence-electron chi connectivity index (χ3n) is 9.48. The number of rotatable bonds is 2. The molecule has 4 aromatic carbocycles. The number of aromatic nitrogens is 4. The van der Waals surface area contributed by atoms with Crippen LogP contribution in [0.4, 0.5) is 22.7 Å². The van der Waals surface area contributed by atoms with Gasteiger partial charge in [-0.3, -0.25) is 0 Å². The summed E-state index contributed by atoms with van der Waals surface area (Å²) in [5, 5.41) is 7.53. The highest BCUT2D eigenvalue weighted by molar-refractivity contribution is 7.90. The highest BCUT2D eigenvalue weighted by atomic mass is 31.2. The predicted octanol–water partition coefficient (Wildman–Crippen LogP) is 7.27. The lowest BCUT2D eigenvalue weighted by atomic mass is 10.1.